The largest absolute Gasteiger partial charge is 0.508 e. The number of phenols is 2. The molecule has 0 aliphatic heterocycles. The summed E-state index contributed by atoms with van der Waals surface area (Å²) in [7, 11) is 0. The van der Waals surface area contributed by atoms with Crippen molar-refractivity contribution in [1.29, 1.82) is 0 Å². The Kier molecular flexibility index (Phi) is 4.68. The smallest absolute Gasteiger partial charge is 0.206 e. The molecule has 2 aromatic rings. The van der Waals surface area contributed by atoms with Crippen molar-refractivity contribution in [1.82, 2.24) is 0 Å². The van der Waals surface area contributed by atoms with Gasteiger partial charge in [0.1, 0.15) is 5.75 Å². The molecule has 7 heteroatoms. The fourth-order valence-electron chi connectivity index (χ4n) is 1.02. The van der Waals surface area contributed by atoms with Gasteiger partial charge in [-0.25, -0.2) is 13.2 Å². The summed E-state index contributed by atoms with van der Waals surface area (Å²) in [5, 5.41) is 16.9. The van der Waals surface area contributed by atoms with Crippen LogP contribution in [0, 0.1) is 29.1 Å². The van der Waals surface area contributed by atoms with Crippen molar-refractivity contribution >= 4 is 0 Å². The Morgan fingerprint density at radius 2 is 0.947 bits per heavy atom. The van der Waals surface area contributed by atoms with Gasteiger partial charge in [0, 0.05) is 0 Å². The monoisotopic (exact) mass is 278 g/mol. The van der Waals surface area contributed by atoms with E-state index in [9.17, 15) is 22.0 Å². The molecule has 0 aliphatic carbocycles. The van der Waals surface area contributed by atoms with Crippen LogP contribution in [0.4, 0.5) is 22.0 Å². The molecule has 2 rings (SSSR count). The van der Waals surface area contributed by atoms with Gasteiger partial charge in [0.05, 0.1) is 0 Å². The molecule has 0 radical (unpaired) electrons. The van der Waals surface area contributed by atoms with Gasteiger partial charge in [0.2, 0.25) is 29.1 Å². The molecule has 102 valence electrons. The highest BCUT2D eigenvalue weighted by Crippen LogP contribution is 2.27. The van der Waals surface area contributed by atoms with Crippen molar-refractivity contribution in [3.05, 3.63) is 59.4 Å². The molecule has 0 aliphatic rings. The molecular weight excluding hydrogens is 271 g/mol. The van der Waals surface area contributed by atoms with Gasteiger partial charge >= 0.3 is 0 Å². The van der Waals surface area contributed by atoms with Crippen LogP contribution in [0.2, 0.25) is 0 Å². The zero-order valence-corrected chi connectivity index (χ0v) is 9.17. The molecule has 0 heterocycles. The van der Waals surface area contributed by atoms with Gasteiger partial charge < -0.3 is 10.2 Å². The van der Waals surface area contributed by atoms with E-state index >= 15 is 0 Å². The van der Waals surface area contributed by atoms with Crippen molar-refractivity contribution < 1.29 is 32.2 Å². The predicted octanol–water partition coefficient (Wildman–Crippen LogP) is 3.48. The molecule has 0 amide bonds. The molecule has 0 spiro atoms. The zero-order valence-electron chi connectivity index (χ0n) is 9.17. The Morgan fingerprint density at radius 1 is 0.579 bits per heavy atom. The molecular formula is C12H7F5O2. The zero-order chi connectivity index (χ0) is 14.6. The summed E-state index contributed by atoms with van der Waals surface area (Å²) in [6, 6.07) is 8.71. The van der Waals surface area contributed by atoms with Crippen LogP contribution in [0.25, 0.3) is 0 Å². The molecule has 2 aromatic carbocycles. The van der Waals surface area contributed by atoms with Crippen LogP contribution in [-0.4, -0.2) is 10.2 Å². The first-order valence-electron chi connectivity index (χ1n) is 4.80. The molecule has 0 aromatic heterocycles. The van der Waals surface area contributed by atoms with Gasteiger partial charge in [-0.3, -0.25) is 0 Å². The summed E-state index contributed by atoms with van der Waals surface area (Å²) in [6.45, 7) is 0. The lowest BCUT2D eigenvalue weighted by Crippen LogP contribution is -2.00. The lowest BCUT2D eigenvalue weighted by Gasteiger charge is -2.00. The Morgan fingerprint density at radius 3 is 1.26 bits per heavy atom. The predicted molar refractivity (Wildman–Crippen MR) is 56.0 cm³/mol. The quantitative estimate of drug-likeness (QED) is 0.440. The number of halogens is 5. The topological polar surface area (TPSA) is 40.5 Å². The van der Waals surface area contributed by atoms with Crippen LogP contribution in [0.5, 0.6) is 11.5 Å². The number of phenolic OH excluding ortho intramolecular Hbond substituents is 2. The second kappa shape index (κ2) is 6.03. The Balaban J connectivity index is 0.000000218. The van der Waals surface area contributed by atoms with E-state index in [0.717, 1.165) is 0 Å². The number of hydrogen-bond acceptors (Lipinski definition) is 2. The van der Waals surface area contributed by atoms with Crippen molar-refractivity contribution in [3.63, 3.8) is 0 Å². The van der Waals surface area contributed by atoms with E-state index in [0.29, 0.717) is 5.75 Å². The highest BCUT2D eigenvalue weighted by atomic mass is 19.2. The van der Waals surface area contributed by atoms with Crippen LogP contribution < -0.4 is 0 Å². The minimum Gasteiger partial charge on any atom is -0.508 e. The van der Waals surface area contributed by atoms with Crippen molar-refractivity contribution in [3.8, 4) is 11.5 Å². The van der Waals surface area contributed by atoms with Crippen LogP contribution in [0.15, 0.2) is 30.3 Å². The highest BCUT2D eigenvalue weighted by molar-refractivity contribution is 5.28. The standard InChI is InChI=1S/C6HF5O.C6H6O/c7-1-2(8)4(10)6(12)5(11)3(1)9;7-6-4-2-1-3-5-6/h12H;1-5,7H. The van der Waals surface area contributed by atoms with Gasteiger partial charge in [0.25, 0.3) is 0 Å². The molecule has 19 heavy (non-hydrogen) atoms. The summed E-state index contributed by atoms with van der Waals surface area (Å²) in [4.78, 5) is 0. The van der Waals surface area contributed by atoms with E-state index in [1.165, 1.54) is 0 Å². The van der Waals surface area contributed by atoms with Crippen LogP contribution in [0.3, 0.4) is 0 Å². The molecule has 2 nitrogen and oxygen atoms in total. The normalized spacial score (nSPS) is 9.74. The molecule has 0 unspecified atom stereocenters. The second-order valence-electron chi connectivity index (χ2n) is 3.25. The summed E-state index contributed by atoms with van der Waals surface area (Å²) < 4.78 is 60.6. The van der Waals surface area contributed by atoms with Crippen LogP contribution in [-0.2, 0) is 0 Å². The van der Waals surface area contributed by atoms with Crippen molar-refractivity contribution in [2.75, 3.05) is 0 Å². The van der Waals surface area contributed by atoms with Gasteiger partial charge in [0.15, 0.2) is 5.75 Å². The minimum absolute atomic E-state index is 0.322. The Hall–Kier alpha value is -2.31. The Bertz CT molecular complexity index is 467. The van der Waals surface area contributed by atoms with Crippen LogP contribution in [0.1, 0.15) is 0 Å². The fraction of sp³-hybridized carbons (Fsp3) is 0. The molecule has 0 saturated carbocycles. The third-order valence-corrected chi connectivity index (χ3v) is 1.94. The average Bonchev–Trinajstić information content (AvgIpc) is 2.42. The average molecular weight is 278 g/mol. The maximum absolute atomic E-state index is 12.2. The van der Waals surface area contributed by atoms with E-state index in [1.807, 2.05) is 6.07 Å². The molecule has 0 saturated heterocycles. The van der Waals surface area contributed by atoms with Gasteiger partial charge in [-0.05, 0) is 12.1 Å². The van der Waals surface area contributed by atoms with E-state index in [1.54, 1.807) is 24.3 Å². The van der Waals surface area contributed by atoms with Crippen molar-refractivity contribution in [2.45, 2.75) is 0 Å². The summed E-state index contributed by atoms with van der Waals surface area (Å²) >= 11 is 0. The van der Waals surface area contributed by atoms with E-state index in [2.05, 4.69) is 0 Å². The fourth-order valence-corrected chi connectivity index (χ4v) is 1.02. The first-order valence-corrected chi connectivity index (χ1v) is 4.80. The first-order chi connectivity index (χ1) is 8.86. The third-order valence-electron chi connectivity index (χ3n) is 1.94. The first kappa shape index (κ1) is 14.7. The number of hydrogen-bond donors (Lipinski definition) is 2. The number of para-hydroxylation sites is 1. The highest BCUT2D eigenvalue weighted by Gasteiger charge is 2.24. The maximum Gasteiger partial charge on any atom is 0.206 e. The number of benzene rings is 2. The van der Waals surface area contributed by atoms with Gasteiger partial charge in [-0.2, -0.15) is 8.78 Å². The Labute approximate surface area is 104 Å². The van der Waals surface area contributed by atoms with Gasteiger partial charge in [-0.15, -0.1) is 0 Å². The van der Waals surface area contributed by atoms with E-state index in [-0.39, 0.29) is 0 Å². The third kappa shape index (κ3) is 3.34. The SMILES string of the molecule is Oc1c(F)c(F)c(F)c(F)c1F.Oc1ccccc1. The minimum atomic E-state index is -2.29. The van der Waals surface area contributed by atoms with Gasteiger partial charge in [-0.1, -0.05) is 18.2 Å². The summed E-state index contributed by atoms with van der Waals surface area (Å²) in [5.41, 5.74) is 0. The second-order valence-corrected chi connectivity index (χ2v) is 3.25. The number of aromatic hydroxyl groups is 2. The van der Waals surface area contributed by atoms with E-state index < -0.39 is 34.8 Å². The molecule has 2 N–H and O–H groups in total. The lowest BCUT2D eigenvalue weighted by atomic mass is 10.3. The van der Waals surface area contributed by atoms with Crippen molar-refractivity contribution in [2.24, 2.45) is 0 Å². The summed E-state index contributed by atoms with van der Waals surface area (Å²) in [5.74, 6) is -12.6. The molecule has 0 fully saturated rings. The van der Waals surface area contributed by atoms with Crippen LogP contribution >= 0.6 is 0 Å². The number of rotatable bonds is 0. The summed E-state index contributed by atoms with van der Waals surface area (Å²) in [6.07, 6.45) is 0. The molecule has 0 atom stereocenters. The molecule has 0 bridgehead atoms. The maximum atomic E-state index is 12.2. The lowest BCUT2D eigenvalue weighted by molar-refractivity contribution is 0.325. The van der Waals surface area contributed by atoms with E-state index in [4.69, 9.17) is 10.2 Å².